The van der Waals surface area contributed by atoms with Gasteiger partial charge in [0.2, 0.25) is 0 Å². The zero-order valence-corrected chi connectivity index (χ0v) is 14.5. The molecular weight excluding hydrogens is 308 g/mol. The third kappa shape index (κ3) is 3.80. The number of aliphatic hydroxyl groups is 1. The molecule has 1 N–H and O–H groups in total. The fourth-order valence-electron chi connectivity index (χ4n) is 2.18. The van der Waals surface area contributed by atoms with Crippen molar-refractivity contribution in [1.82, 2.24) is 0 Å². The average molecular weight is 328 g/mol. The minimum Gasteiger partial charge on any atom is -0.511 e. The van der Waals surface area contributed by atoms with E-state index < -0.39 is 4.75 Å². The number of allylic oxidation sites excluding steroid dienone is 3. The quantitative estimate of drug-likeness (QED) is 0.473. The van der Waals surface area contributed by atoms with Crippen molar-refractivity contribution in [3.8, 4) is 0 Å². The van der Waals surface area contributed by atoms with Crippen molar-refractivity contribution in [3.63, 3.8) is 0 Å². The first-order chi connectivity index (χ1) is 9.61. The molecule has 1 heterocycles. The molecule has 0 aromatic heterocycles. The van der Waals surface area contributed by atoms with Gasteiger partial charge in [-0.15, -0.1) is 11.8 Å². The molecule has 1 aliphatic rings. The fraction of sp³-hybridized carbons (Fsp3) is 0.533. The molecule has 0 saturated heterocycles. The van der Waals surface area contributed by atoms with E-state index in [-0.39, 0.29) is 23.1 Å². The van der Waals surface area contributed by atoms with Crippen molar-refractivity contribution >= 4 is 40.9 Å². The normalized spacial score (nSPS) is 19.1. The van der Waals surface area contributed by atoms with Crippen LogP contribution in [0.15, 0.2) is 21.1 Å². The van der Waals surface area contributed by atoms with E-state index in [0.29, 0.717) is 17.1 Å². The molecule has 0 fully saturated rings. The van der Waals surface area contributed by atoms with Crippen molar-refractivity contribution < 1.29 is 19.5 Å². The second-order valence-electron chi connectivity index (χ2n) is 5.18. The Morgan fingerprint density at radius 3 is 2.00 bits per heavy atom. The topological polar surface area (TPSA) is 71.4 Å². The average Bonchev–Trinajstić information content (AvgIpc) is 2.35. The van der Waals surface area contributed by atoms with Crippen LogP contribution in [0.4, 0.5) is 0 Å². The Morgan fingerprint density at radius 2 is 1.67 bits per heavy atom. The molecule has 4 nitrogen and oxygen atoms in total. The van der Waals surface area contributed by atoms with Crippen LogP contribution in [-0.4, -0.2) is 33.0 Å². The SMILES string of the molecule is CC(=O)/C(SC1=C(C)CC(C(C)=O)(C(C)=O)SC1)=C(/C)O. The molecule has 0 spiro atoms. The summed E-state index contributed by atoms with van der Waals surface area (Å²) in [7, 11) is 0. The standard InChI is InChI=1S/C15H20O4S2/c1-8-6-15(11(4)18,12(5)19)20-7-13(8)21-14(9(2)16)10(3)17/h16H,6-7H2,1-5H3/b14-9+. The minimum absolute atomic E-state index is 0.00669. The third-order valence-electron chi connectivity index (χ3n) is 3.45. The number of hydrogen-bond acceptors (Lipinski definition) is 6. The summed E-state index contributed by atoms with van der Waals surface area (Å²) in [5.74, 6) is 0.0147. The predicted octanol–water partition coefficient (Wildman–Crippen LogP) is 3.43. The van der Waals surface area contributed by atoms with Crippen molar-refractivity contribution in [1.29, 1.82) is 0 Å². The highest BCUT2D eigenvalue weighted by Crippen LogP contribution is 2.45. The van der Waals surface area contributed by atoms with Crippen LogP contribution in [0.2, 0.25) is 0 Å². The zero-order valence-electron chi connectivity index (χ0n) is 12.9. The summed E-state index contributed by atoms with van der Waals surface area (Å²) >= 11 is 2.54. The summed E-state index contributed by atoms with van der Waals surface area (Å²) in [5.41, 5.74) is 0.921. The molecule has 116 valence electrons. The van der Waals surface area contributed by atoms with Gasteiger partial charge >= 0.3 is 0 Å². The summed E-state index contributed by atoms with van der Waals surface area (Å²) in [6.07, 6.45) is 0.361. The monoisotopic (exact) mass is 328 g/mol. The maximum absolute atomic E-state index is 11.9. The number of ketones is 3. The molecule has 0 aliphatic carbocycles. The van der Waals surface area contributed by atoms with Crippen LogP contribution in [0.3, 0.4) is 0 Å². The molecule has 0 bridgehead atoms. The lowest BCUT2D eigenvalue weighted by Crippen LogP contribution is -2.43. The first kappa shape index (κ1) is 18.0. The van der Waals surface area contributed by atoms with Crippen LogP contribution in [0, 0.1) is 0 Å². The summed E-state index contributed by atoms with van der Waals surface area (Å²) in [5, 5.41) is 9.58. The molecule has 0 amide bonds. The Kier molecular flexibility index (Phi) is 5.87. The molecular formula is C15H20O4S2. The molecule has 1 rings (SSSR count). The maximum Gasteiger partial charge on any atom is 0.169 e. The number of hydrogen-bond donors (Lipinski definition) is 1. The lowest BCUT2D eigenvalue weighted by molar-refractivity contribution is -0.128. The molecule has 21 heavy (non-hydrogen) atoms. The van der Waals surface area contributed by atoms with E-state index >= 15 is 0 Å². The van der Waals surface area contributed by atoms with Crippen molar-refractivity contribution in [2.45, 2.75) is 45.8 Å². The van der Waals surface area contributed by atoms with E-state index in [0.717, 1.165) is 10.5 Å². The number of carbonyl (C=O) groups is 3. The van der Waals surface area contributed by atoms with Gasteiger partial charge in [-0.2, -0.15) is 0 Å². The predicted molar refractivity (Wildman–Crippen MR) is 87.5 cm³/mol. The molecule has 0 radical (unpaired) electrons. The van der Waals surface area contributed by atoms with Gasteiger partial charge < -0.3 is 5.11 Å². The van der Waals surface area contributed by atoms with Gasteiger partial charge in [0.05, 0.1) is 4.91 Å². The molecule has 0 aromatic carbocycles. The summed E-state index contributed by atoms with van der Waals surface area (Å²) in [4.78, 5) is 36.5. The second-order valence-corrected chi connectivity index (χ2v) is 7.56. The lowest BCUT2D eigenvalue weighted by atomic mass is 9.91. The highest BCUT2D eigenvalue weighted by Gasteiger charge is 2.44. The van der Waals surface area contributed by atoms with Crippen LogP contribution < -0.4 is 0 Å². The Labute approximate surface area is 133 Å². The van der Waals surface area contributed by atoms with Gasteiger partial charge in [0.15, 0.2) is 17.3 Å². The number of thioether (sulfide) groups is 2. The molecule has 0 atom stereocenters. The maximum atomic E-state index is 11.9. The zero-order chi connectivity index (χ0) is 16.4. The molecule has 0 unspecified atom stereocenters. The smallest absolute Gasteiger partial charge is 0.169 e. The molecule has 1 aliphatic heterocycles. The van der Waals surface area contributed by atoms with Gasteiger partial charge in [0, 0.05) is 5.75 Å². The Balaban J connectivity index is 3.10. The van der Waals surface area contributed by atoms with Gasteiger partial charge in [0.25, 0.3) is 0 Å². The van der Waals surface area contributed by atoms with Gasteiger partial charge in [0.1, 0.15) is 10.5 Å². The summed E-state index contributed by atoms with van der Waals surface area (Å²) in [6.45, 7) is 7.64. The molecule has 6 heteroatoms. The van der Waals surface area contributed by atoms with Crippen molar-refractivity contribution in [2.75, 3.05) is 5.75 Å². The summed E-state index contributed by atoms with van der Waals surface area (Å²) < 4.78 is -0.998. The van der Waals surface area contributed by atoms with Crippen LogP contribution >= 0.6 is 23.5 Å². The first-order valence-electron chi connectivity index (χ1n) is 6.55. The largest absolute Gasteiger partial charge is 0.511 e. The van der Waals surface area contributed by atoms with Gasteiger partial charge in [-0.1, -0.05) is 17.3 Å². The number of rotatable bonds is 5. The Hall–Kier alpha value is -1.01. The van der Waals surface area contributed by atoms with Crippen LogP contribution in [-0.2, 0) is 14.4 Å². The fourth-order valence-corrected chi connectivity index (χ4v) is 4.72. The van der Waals surface area contributed by atoms with E-state index in [2.05, 4.69) is 0 Å². The van der Waals surface area contributed by atoms with E-state index in [9.17, 15) is 19.5 Å². The Morgan fingerprint density at radius 1 is 1.14 bits per heavy atom. The number of Topliss-reactive ketones (excluding diaryl/α,β-unsaturated/α-hetero) is 3. The number of aliphatic hydroxyl groups excluding tert-OH is 1. The van der Waals surface area contributed by atoms with Crippen molar-refractivity contribution in [2.24, 2.45) is 0 Å². The second kappa shape index (κ2) is 6.83. The number of carbonyl (C=O) groups excluding carboxylic acids is 3. The van der Waals surface area contributed by atoms with E-state index in [4.69, 9.17) is 0 Å². The van der Waals surface area contributed by atoms with Crippen LogP contribution in [0.1, 0.15) is 41.0 Å². The van der Waals surface area contributed by atoms with Crippen LogP contribution in [0.25, 0.3) is 0 Å². The van der Waals surface area contributed by atoms with E-state index in [1.807, 2.05) is 6.92 Å². The molecule has 0 saturated carbocycles. The van der Waals surface area contributed by atoms with Gasteiger partial charge in [-0.3, -0.25) is 14.4 Å². The Bertz CT molecular complexity index is 540. The highest BCUT2D eigenvalue weighted by atomic mass is 32.2. The summed E-state index contributed by atoms with van der Waals surface area (Å²) in [6, 6.07) is 0. The first-order valence-corrected chi connectivity index (χ1v) is 8.35. The van der Waals surface area contributed by atoms with E-state index in [1.54, 1.807) is 0 Å². The van der Waals surface area contributed by atoms with Crippen molar-refractivity contribution in [3.05, 3.63) is 21.1 Å². The van der Waals surface area contributed by atoms with Gasteiger partial charge in [-0.05, 0) is 45.9 Å². The third-order valence-corrected chi connectivity index (χ3v) is 6.80. The lowest BCUT2D eigenvalue weighted by Gasteiger charge is -2.33. The molecule has 0 aromatic rings. The van der Waals surface area contributed by atoms with Gasteiger partial charge in [-0.25, -0.2) is 0 Å². The van der Waals surface area contributed by atoms with E-state index in [1.165, 1.54) is 51.2 Å². The minimum atomic E-state index is -0.998. The van der Waals surface area contributed by atoms with Crippen LogP contribution in [0.5, 0.6) is 0 Å². The highest BCUT2D eigenvalue weighted by molar-refractivity contribution is 8.10.